The molecule has 1 aliphatic heterocycles. The summed E-state index contributed by atoms with van der Waals surface area (Å²) < 4.78 is 13.9. The van der Waals surface area contributed by atoms with Gasteiger partial charge in [0, 0.05) is 42.5 Å². The van der Waals surface area contributed by atoms with Crippen molar-refractivity contribution in [3.63, 3.8) is 0 Å². The number of nitrogens with zero attached hydrogens (tertiary/aromatic N) is 5. The molecule has 0 spiro atoms. The lowest BCUT2D eigenvalue weighted by Gasteiger charge is -2.29. The largest absolute Gasteiger partial charge is 0.334 e. The lowest BCUT2D eigenvalue weighted by Crippen LogP contribution is -2.36. The van der Waals surface area contributed by atoms with Gasteiger partial charge in [-0.15, -0.1) is 0 Å². The molecule has 31 heavy (non-hydrogen) atoms. The number of hydrogen-bond acceptors (Lipinski definition) is 5. The summed E-state index contributed by atoms with van der Waals surface area (Å²) >= 11 is 0. The molecule has 5 rings (SSSR count). The van der Waals surface area contributed by atoms with Gasteiger partial charge in [-0.2, -0.15) is 5.26 Å². The van der Waals surface area contributed by atoms with E-state index in [1.807, 2.05) is 12.1 Å². The Morgan fingerprint density at radius 2 is 1.90 bits per heavy atom. The summed E-state index contributed by atoms with van der Waals surface area (Å²) in [5.74, 6) is -0.582. The summed E-state index contributed by atoms with van der Waals surface area (Å²) in [6, 6.07) is 13.7. The fourth-order valence-electron chi connectivity index (χ4n) is 3.93. The van der Waals surface area contributed by atoms with E-state index in [0.29, 0.717) is 52.8 Å². The minimum Gasteiger partial charge on any atom is -0.334 e. The number of amides is 1. The van der Waals surface area contributed by atoms with E-state index in [9.17, 15) is 14.4 Å². The molecule has 0 saturated carbocycles. The van der Waals surface area contributed by atoms with Crippen molar-refractivity contribution in [3.05, 3.63) is 89.3 Å². The Morgan fingerprint density at radius 3 is 2.71 bits per heavy atom. The van der Waals surface area contributed by atoms with Crippen LogP contribution in [0.25, 0.3) is 22.2 Å². The minimum atomic E-state index is -0.421. The molecule has 6 nitrogen and oxygen atoms in total. The summed E-state index contributed by atoms with van der Waals surface area (Å²) in [5, 5.41) is 9.78. The van der Waals surface area contributed by atoms with Crippen molar-refractivity contribution in [2.45, 2.75) is 13.0 Å². The smallest absolute Gasteiger partial charge is 0.254 e. The standard InChI is InChI=1S/C24H16FN5O/c25-19-3-4-20-21(9-22(29-23(20)8-19)18-11-27-14-28-12-18)24(31)30-6-5-16-2-1-15(10-26)7-17(16)13-30/h1-4,7-9,11-12,14H,5-6,13H2. The van der Waals surface area contributed by atoms with Gasteiger partial charge in [0.2, 0.25) is 0 Å². The van der Waals surface area contributed by atoms with Gasteiger partial charge in [-0.05, 0) is 47.9 Å². The number of carbonyl (C=O) groups is 1. The number of nitriles is 1. The molecule has 2 aromatic heterocycles. The number of carbonyl (C=O) groups excluding carboxylic acids is 1. The van der Waals surface area contributed by atoms with Crippen LogP contribution in [0.2, 0.25) is 0 Å². The highest BCUT2D eigenvalue weighted by Gasteiger charge is 2.24. The molecule has 0 N–H and O–H groups in total. The second-order valence-electron chi connectivity index (χ2n) is 7.42. The van der Waals surface area contributed by atoms with Crippen LogP contribution in [0.15, 0.2) is 61.2 Å². The van der Waals surface area contributed by atoms with Crippen LogP contribution >= 0.6 is 0 Å². The van der Waals surface area contributed by atoms with Gasteiger partial charge in [-0.1, -0.05) is 6.07 Å². The third kappa shape index (κ3) is 3.49. The number of aromatic nitrogens is 3. The van der Waals surface area contributed by atoms with Crippen molar-refractivity contribution < 1.29 is 9.18 Å². The number of halogens is 1. The van der Waals surface area contributed by atoms with E-state index < -0.39 is 5.82 Å². The van der Waals surface area contributed by atoms with E-state index in [0.717, 1.165) is 11.1 Å². The predicted molar refractivity (Wildman–Crippen MR) is 112 cm³/mol. The Hall–Kier alpha value is -4.18. The first-order chi connectivity index (χ1) is 15.1. The van der Waals surface area contributed by atoms with Crippen molar-refractivity contribution in [1.82, 2.24) is 19.9 Å². The van der Waals surface area contributed by atoms with Crippen LogP contribution in [0.1, 0.15) is 27.0 Å². The molecule has 0 atom stereocenters. The van der Waals surface area contributed by atoms with E-state index in [1.165, 1.54) is 18.5 Å². The molecule has 1 amide bonds. The van der Waals surface area contributed by atoms with Crippen molar-refractivity contribution in [3.8, 4) is 17.3 Å². The van der Waals surface area contributed by atoms with E-state index in [2.05, 4.69) is 21.0 Å². The van der Waals surface area contributed by atoms with Crippen LogP contribution < -0.4 is 0 Å². The highest BCUT2D eigenvalue weighted by Crippen LogP contribution is 2.28. The third-order valence-electron chi connectivity index (χ3n) is 5.49. The van der Waals surface area contributed by atoms with Crippen LogP contribution in [-0.4, -0.2) is 32.3 Å². The second-order valence-corrected chi connectivity index (χ2v) is 7.42. The zero-order chi connectivity index (χ0) is 21.4. The zero-order valence-electron chi connectivity index (χ0n) is 16.4. The Morgan fingerprint density at radius 1 is 1.06 bits per heavy atom. The van der Waals surface area contributed by atoms with Crippen molar-refractivity contribution in [1.29, 1.82) is 5.26 Å². The van der Waals surface area contributed by atoms with Crippen LogP contribution in [0, 0.1) is 17.1 Å². The second kappa shape index (κ2) is 7.58. The number of rotatable bonds is 2. The molecule has 0 bridgehead atoms. The van der Waals surface area contributed by atoms with Gasteiger partial charge in [-0.25, -0.2) is 19.3 Å². The molecule has 0 unspecified atom stereocenters. The van der Waals surface area contributed by atoms with E-state index in [-0.39, 0.29) is 5.91 Å². The molecule has 7 heteroatoms. The zero-order valence-corrected chi connectivity index (χ0v) is 16.4. The SMILES string of the molecule is N#Cc1ccc2c(c1)CN(C(=O)c1cc(-c3cncnc3)nc3cc(F)ccc13)CC2. The monoisotopic (exact) mass is 409 g/mol. The van der Waals surface area contributed by atoms with Gasteiger partial charge in [-0.3, -0.25) is 4.79 Å². The molecule has 0 aliphatic carbocycles. The average molecular weight is 409 g/mol. The molecule has 0 radical (unpaired) electrons. The molecule has 2 aromatic carbocycles. The number of hydrogen-bond donors (Lipinski definition) is 0. The summed E-state index contributed by atoms with van der Waals surface area (Å²) in [6.07, 6.45) is 5.34. The van der Waals surface area contributed by atoms with Crippen molar-refractivity contribution in [2.24, 2.45) is 0 Å². The third-order valence-corrected chi connectivity index (χ3v) is 5.49. The lowest BCUT2D eigenvalue weighted by molar-refractivity contribution is 0.0736. The maximum absolute atomic E-state index is 13.9. The van der Waals surface area contributed by atoms with Gasteiger partial charge in [0.1, 0.15) is 12.1 Å². The molecular formula is C24H16FN5O. The fourth-order valence-corrected chi connectivity index (χ4v) is 3.93. The van der Waals surface area contributed by atoms with Crippen LogP contribution in [0.4, 0.5) is 4.39 Å². The fraction of sp³-hybridized carbons (Fsp3) is 0.125. The molecular weight excluding hydrogens is 393 g/mol. The maximum Gasteiger partial charge on any atom is 0.254 e. The number of fused-ring (bicyclic) bond motifs is 2. The highest BCUT2D eigenvalue weighted by molar-refractivity contribution is 6.07. The Labute approximate surface area is 177 Å². The van der Waals surface area contributed by atoms with Gasteiger partial charge >= 0.3 is 0 Å². The van der Waals surface area contributed by atoms with Gasteiger partial charge < -0.3 is 4.90 Å². The first kappa shape index (κ1) is 18.8. The van der Waals surface area contributed by atoms with Gasteiger partial charge in [0.25, 0.3) is 5.91 Å². The number of benzene rings is 2. The first-order valence-corrected chi connectivity index (χ1v) is 9.79. The Bertz CT molecular complexity index is 1360. The van der Waals surface area contributed by atoms with Gasteiger partial charge in [0.05, 0.1) is 28.4 Å². The Kier molecular flexibility index (Phi) is 4.60. The first-order valence-electron chi connectivity index (χ1n) is 9.79. The van der Waals surface area contributed by atoms with Crippen molar-refractivity contribution in [2.75, 3.05) is 6.54 Å². The van der Waals surface area contributed by atoms with Crippen LogP contribution in [0.3, 0.4) is 0 Å². The molecule has 4 aromatic rings. The van der Waals surface area contributed by atoms with Crippen LogP contribution in [0.5, 0.6) is 0 Å². The predicted octanol–water partition coefficient (Wildman–Crippen LogP) is 3.90. The minimum absolute atomic E-state index is 0.162. The maximum atomic E-state index is 13.9. The number of pyridine rings is 1. The Balaban J connectivity index is 1.59. The molecule has 1 aliphatic rings. The normalized spacial score (nSPS) is 13.0. The highest BCUT2D eigenvalue weighted by atomic mass is 19.1. The molecule has 3 heterocycles. The van der Waals surface area contributed by atoms with E-state index in [1.54, 1.807) is 35.5 Å². The quantitative estimate of drug-likeness (QED) is 0.501. The van der Waals surface area contributed by atoms with Gasteiger partial charge in [0.15, 0.2) is 0 Å². The summed E-state index contributed by atoms with van der Waals surface area (Å²) in [6.45, 7) is 0.977. The topological polar surface area (TPSA) is 82.8 Å². The summed E-state index contributed by atoms with van der Waals surface area (Å²) in [7, 11) is 0. The average Bonchev–Trinajstić information content (AvgIpc) is 2.82. The molecule has 0 saturated heterocycles. The van der Waals surface area contributed by atoms with E-state index in [4.69, 9.17) is 0 Å². The van der Waals surface area contributed by atoms with E-state index >= 15 is 0 Å². The van der Waals surface area contributed by atoms with Crippen molar-refractivity contribution >= 4 is 16.8 Å². The molecule has 0 fully saturated rings. The summed E-state index contributed by atoms with van der Waals surface area (Å²) in [5.41, 5.74) is 4.69. The van der Waals surface area contributed by atoms with Crippen LogP contribution in [-0.2, 0) is 13.0 Å². The summed E-state index contributed by atoms with van der Waals surface area (Å²) in [4.78, 5) is 27.9. The lowest BCUT2D eigenvalue weighted by atomic mass is 9.96. The molecule has 150 valence electrons.